The van der Waals surface area contributed by atoms with Gasteiger partial charge >= 0.3 is 4.87 Å². The van der Waals surface area contributed by atoms with Gasteiger partial charge in [-0.2, -0.15) is 0 Å². The molecule has 28 heavy (non-hydrogen) atoms. The molecule has 0 radical (unpaired) electrons. The number of thiazole rings is 1. The Kier molecular flexibility index (Phi) is 6.22. The van der Waals surface area contributed by atoms with Crippen molar-refractivity contribution in [3.63, 3.8) is 0 Å². The quantitative estimate of drug-likeness (QED) is 0.565. The Morgan fingerprint density at radius 2 is 1.86 bits per heavy atom. The fourth-order valence-electron chi connectivity index (χ4n) is 3.05. The van der Waals surface area contributed by atoms with Crippen molar-refractivity contribution in [1.29, 1.82) is 0 Å². The first kappa shape index (κ1) is 20.6. The molecule has 0 bridgehead atoms. The molecule has 1 aromatic heterocycles. The minimum absolute atomic E-state index is 0.0276. The lowest BCUT2D eigenvalue weighted by molar-refractivity contribution is 0.414. The number of ether oxygens (including phenoxy) is 1. The maximum Gasteiger partial charge on any atom is 0.308 e. The smallest absolute Gasteiger partial charge is 0.308 e. The first-order chi connectivity index (χ1) is 13.3. The van der Waals surface area contributed by atoms with E-state index >= 15 is 0 Å². The predicted molar refractivity (Wildman–Crippen MR) is 113 cm³/mol. The summed E-state index contributed by atoms with van der Waals surface area (Å²) >= 11 is 1.07. The maximum atomic E-state index is 12.6. The van der Waals surface area contributed by atoms with E-state index < -0.39 is 10.0 Å². The number of methoxy groups -OCH3 is 1. The Labute approximate surface area is 168 Å². The van der Waals surface area contributed by atoms with E-state index in [2.05, 4.69) is 4.72 Å². The molecule has 150 valence electrons. The average Bonchev–Trinajstić information content (AvgIpc) is 3.00. The number of benzene rings is 2. The molecule has 3 rings (SSSR count). The summed E-state index contributed by atoms with van der Waals surface area (Å²) in [6.45, 7) is 4.21. The average molecular weight is 421 g/mol. The van der Waals surface area contributed by atoms with Gasteiger partial charge in [-0.1, -0.05) is 23.5 Å². The molecule has 0 amide bonds. The van der Waals surface area contributed by atoms with Gasteiger partial charge in [0.05, 0.1) is 22.2 Å². The Morgan fingerprint density at radius 3 is 2.50 bits per heavy atom. The van der Waals surface area contributed by atoms with Gasteiger partial charge < -0.3 is 4.74 Å². The van der Waals surface area contributed by atoms with Crippen LogP contribution in [0.15, 0.2) is 52.2 Å². The van der Waals surface area contributed by atoms with Crippen LogP contribution in [0.3, 0.4) is 0 Å². The number of fused-ring (bicyclic) bond motifs is 1. The lowest BCUT2D eigenvalue weighted by Gasteiger charge is -2.09. The molecule has 0 unspecified atom stereocenters. The van der Waals surface area contributed by atoms with E-state index in [1.165, 1.54) is 0 Å². The van der Waals surface area contributed by atoms with E-state index in [9.17, 15) is 13.2 Å². The summed E-state index contributed by atoms with van der Waals surface area (Å²) in [4.78, 5) is 12.2. The lowest BCUT2D eigenvalue weighted by atomic mass is 10.1. The number of aryl methyl sites for hydroxylation is 1. The van der Waals surface area contributed by atoms with Crippen molar-refractivity contribution >= 4 is 31.6 Å². The Bertz CT molecular complexity index is 1110. The molecule has 0 spiro atoms. The van der Waals surface area contributed by atoms with Crippen LogP contribution in [0.2, 0.25) is 0 Å². The molecule has 0 aliphatic heterocycles. The van der Waals surface area contributed by atoms with Gasteiger partial charge in [0.25, 0.3) is 0 Å². The molecule has 0 aliphatic rings. The molecule has 1 heterocycles. The summed E-state index contributed by atoms with van der Waals surface area (Å²) in [6.07, 6.45) is 1.45. The summed E-state index contributed by atoms with van der Waals surface area (Å²) in [5.74, 6) is 0.799. The van der Waals surface area contributed by atoms with Crippen LogP contribution in [-0.4, -0.2) is 26.6 Å². The maximum absolute atomic E-state index is 12.6. The summed E-state index contributed by atoms with van der Waals surface area (Å²) in [6, 6.07) is 12.6. The third-order valence-corrected chi connectivity index (χ3v) is 6.88. The van der Waals surface area contributed by atoms with Gasteiger partial charge in [0.1, 0.15) is 5.75 Å². The van der Waals surface area contributed by atoms with Gasteiger partial charge in [-0.05, 0) is 62.6 Å². The number of aromatic nitrogens is 1. The number of hydrogen-bond donors (Lipinski definition) is 1. The van der Waals surface area contributed by atoms with Crippen molar-refractivity contribution in [2.24, 2.45) is 0 Å². The second-order valence-corrected chi connectivity index (χ2v) is 9.57. The van der Waals surface area contributed by atoms with E-state index in [0.29, 0.717) is 17.7 Å². The van der Waals surface area contributed by atoms with E-state index in [1.807, 2.05) is 38.1 Å². The fraction of sp³-hybridized carbons (Fsp3) is 0.350. The Morgan fingerprint density at radius 1 is 1.14 bits per heavy atom. The second kappa shape index (κ2) is 8.46. The Balaban J connectivity index is 1.66. The molecule has 0 saturated carbocycles. The highest BCUT2D eigenvalue weighted by atomic mass is 32.2. The number of rotatable bonds is 8. The minimum Gasteiger partial charge on any atom is -0.497 e. The van der Waals surface area contributed by atoms with Gasteiger partial charge in [-0.3, -0.25) is 9.36 Å². The molecule has 1 N–H and O–H groups in total. The van der Waals surface area contributed by atoms with Gasteiger partial charge in [0.2, 0.25) is 10.0 Å². The SMILES string of the molecule is COc1ccc(CCCNS(=O)(=O)c2ccc3c(c2)sc(=O)n3C(C)C)cc1. The van der Waals surface area contributed by atoms with Gasteiger partial charge in [0, 0.05) is 12.6 Å². The standard InChI is InChI=1S/C20H24N2O4S2/c1-14(2)22-18-11-10-17(13-19(18)27-20(22)23)28(24,25)21-12-4-5-15-6-8-16(26-3)9-7-15/h6-11,13-14,21H,4-5,12H2,1-3H3. The number of hydrogen-bond acceptors (Lipinski definition) is 5. The van der Waals surface area contributed by atoms with Crippen molar-refractivity contribution in [1.82, 2.24) is 9.29 Å². The summed E-state index contributed by atoms with van der Waals surface area (Å²) in [5.41, 5.74) is 1.89. The monoisotopic (exact) mass is 420 g/mol. The normalized spacial score (nSPS) is 12.0. The Hall–Kier alpha value is -2.16. The first-order valence-electron chi connectivity index (χ1n) is 9.09. The molecule has 6 nitrogen and oxygen atoms in total. The van der Waals surface area contributed by atoms with Crippen LogP contribution in [0, 0.1) is 0 Å². The number of sulfonamides is 1. The number of nitrogens with one attached hydrogen (secondary N) is 1. The highest BCUT2D eigenvalue weighted by molar-refractivity contribution is 7.89. The van der Waals surface area contributed by atoms with Crippen LogP contribution in [0.25, 0.3) is 10.2 Å². The molecular formula is C20H24N2O4S2. The molecule has 0 saturated heterocycles. The lowest BCUT2D eigenvalue weighted by Crippen LogP contribution is -2.25. The van der Waals surface area contributed by atoms with Gasteiger partial charge in [0.15, 0.2) is 0 Å². The predicted octanol–water partition coefficient (Wildman–Crippen LogP) is 3.56. The van der Waals surface area contributed by atoms with Crippen molar-refractivity contribution in [3.8, 4) is 5.75 Å². The zero-order valence-electron chi connectivity index (χ0n) is 16.1. The zero-order valence-corrected chi connectivity index (χ0v) is 17.8. The molecule has 8 heteroatoms. The van der Waals surface area contributed by atoms with Crippen LogP contribution < -0.4 is 14.3 Å². The largest absolute Gasteiger partial charge is 0.497 e. The fourth-order valence-corrected chi connectivity index (χ4v) is 5.27. The minimum atomic E-state index is -3.62. The summed E-state index contributed by atoms with van der Waals surface area (Å²) < 4.78 is 35.3. The van der Waals surface area contributed by atoms with Crippen molar-refractivity contribution in [2.75, 3.05) is 13.7 Å². The second-order valence-electron chi connectivity index (χ2n) is 6.81. The van der Waals surface area contributed by atoms with E-state index in [0.717, 1.165) is 34.6 Å². The van der Waals surface area contributed by atoms with Crippen LogP contribution in [0.4, 0.5) is 0 Å². The molecule has 0 atom stereocenters. The highest BCUT2D eigenvalue weighted by Gasteiger charge is 2.17. The van der Waals surface area contributed by atoms with Gasteiger partial charge in [-0.15, -0.1) is 0 Å². The van der Waals surface area contributed by atoms with Crippen LogP contribution >= 0.6 is 11.3 Å². The van der Waals surface area contributed by atoms with Crippen molar-refractivity contribution in [2.45, 2.75) is 37.6 Å². The van der Waals surface area contributed by atoms with E-state index in [1.54, 1.807) is 29.9 Å². The van der Waals surface area contributed by atoms with Crippen LogP contribution in [0.1, 0.15) is 31.9 Å². The van der Waals surface area contributed by atoms with Crippen molar-refractivity contribution < 1.29 is 13.2 Å². The zero-order chi connectivity index (χ0) is 20.3. The summed E-state index contributed by atoms with van der Waals surface area (Å²) in [7, 11) is -1.99. The molecule has 0 fully saturated rings. The first-order valence-corrected chi connectivity index (χ1v) is 11.4. The molecular weight excluding hydrogens is 396 g/mol. The van der Waals surface area contributed by atoms with E-state index in [4.69, 9.17) is 4.74 Å². The molecule has 0 aliphatic carbocycles. The van der Waals surface area contributed by atoms with Crippen LogP contribution in [0.5, 0.6) is 5.75 Å². The topological polar surface area (TPSA) is 77.4 Å². The third-order valence-electron chi connectivity index (χ3n) is 4.50. The van der Waals surface area contributed by atoms with Gasteiger partial charge in [-0.25, -0.2) is 13.1 Å². The molecule has 3 aromatic rings. The van der Waals surface area contributed by atoms with E-state index in [-0.39, 0.29) is 15.8 Å². The molecule has 2 aromatic carbocycles. The third kappa shape index (κ3) is 4.45. The highest BCUT2D eigenvalue weighted by Crippen LogP contribution is 2.24. The van der Waals surface area contributed by atoms with Crippen LogP contribution in [-0.2, 0) is 16.4 Å². The number of nitrogens with zero attached hydrogens (tertiary/aromatic N) is 1. The summed E-state index contributed by atoms with van der Waals surface area (Å²) in [5, 5.41) is 0. The van der Waals surface area contributed by atoms with Crippen molar-refractivity contribution in [3.05, 3.63) is 57.7 Å².